The quantitative estimate of drug-likeness (QED) is 0.504. The summed E-state index contributed by atoms with van der Waals surface area (Å²) in [7, 11) is 0. The number of carbonyl (C=O) groups is 1. The summed E-state index contributed by atoms with van der Waals surface area (Å²) in [5.74, 6) is 0.432. The molecule has 3 aromatic heterocycles. The Morgan fingerprint density at radius 1 is 1.39 bits per heavy atom. The monoisotopic (exact) mass is 430 g/mol. The van der Waals surface area contributed by atoms with Gasteiger partial charge in [0, 0.05) is 41.9 Å². The number of hydrogen-bond acceptors (Lipinski definition) is 5. The molecule has 4 aromatic rings. The van der Waals surface area contributed by atoms with Gasteiger partial charge in [0.25, 0.3) is 5.91 Å². The summed E-state index contributed by atoms with van der Waals surface area (Å²) in [4.78, 5) is 22.2. The van der Waals surface area contributed by atoms with Gasteiger partial charge >= 0.3 is 0 Å². The maximum atomic E-state index is 12.6. The smallest absolute Gasteiger partial charge is 0.261 e. The SMILES string of the molecule is Cc1ccc(Cl)cc1N1CCC(CNC(=O)c2cc3c(nc4sccn43)s2)C1. The predicted molar refractivity (Wildman–Crippen MR) is 117 cm³/mol. The van der Waals surface area contributed by atoms with E-state index in [1.54, 1.807) is 11.3 Å². The van der Waals surface area contributed by atoms with Gasteiger partial charge in [-0.25, -0.2) is 4.98 Å². The van der Waals surface area contributed by atoms with Gasteiger partial charge in [-0.2, -0.15) is 0 Å². The molecule has 0 spiro atoms. The Morgan fingerprint density at radius 3 is 3.18 bits per heavy atom. The highest BCUT2D eigenvalue weighted by Gasteiger charge is 2.25. The van der Waals surface area contributed by atoms with Gasteiger partial charge in [-0.05, 0) is 43.0 Å². The number of carbonyl (C=O) groups excluding carboxylic acids is 1. The van der Waals surface area contributed by atoms with Gasteiger partial charge in [-0.15, -0.1) is 22.7 Å². The molecule has 1 N–H and O–H groups in total. The molecular formula is C20H19ClN4OS2. The molecule has 1 fully saturated rings. The van der Waals surface area contributed by atoms with Crippen LogP contribution in [0.3, 0.4) is 0 Å². The topological polar surface area (TPSA) is 49.6 Å². The highest BCUT2D eigenvalue weighted by molar-refractivity contribution is 7.21. The molecule has 5 rings (SSSR count). The maximum absolute atomic E-state index is 12.6. The number of thiazole rings is 1. The third kappa shape index (κ3) is 3.17. The number of rotatable bonds is 4. The fraction of sp³-hybridized carbons (Fsp3) is 0.300. The first-order chi connectivity index (χ1) is 13.6. The van der Waals surface area contributed by atoms with Crippen LogP contribution < -0.4 is 10.2 Å². The number of aryl methyl sites for hydroxylation is 1. The average Bonchev–Trinajstić information content (AvgIpc) is 3.43. The van der Waals surface area contributed by atoms with E-state index in [4.69, 9.17) is 11.6 Å². The number of nitrogens with zero attached hydrogens (tertiary/aromatic N) is 3. The Kier molecular flexibility index (Phi) is 4.53. The minimum absolute atomic E-state index is 0.00985. The summed E-state index contributed by atoms with van der Waals surface area (Å²) >= 11 is 9.23. The summed E-state index contributed by atoms with van der Waals surface area (Å²) in [5, 5.41) is 5.89. The molecular weight excluding hydrogens is 412 g/mol. The lowest BCUT2D eigenvalue weighted by Gasteiger charge is -2.21. The van der Waals surface area contributed by atoms with Crippen LogP contribution in [-0.4, -0.2) is 34.9 Å². The first-order valence-corrected chi connectivity index (χ1v) is 11.3. The fourth-order valence-electron chi connectivity index (χ4n) is 3.82. The molecule has 28 heavy (non-hydrogen) atoms. The molecule has 1 aliphatic rings. The zero-order valence-corrected chi connectivity index (χ0v) is 17.7. The second-order valence-electron chi connectivity index (χ2n) is 7.21. The molecule has 8 heteroatoms. The van der Waals surface area contributed by atoms with Crippen LogP contribution in [-0.2, 0) is 0 Å². The fourth-order valence-corrected chi connectivity index (χ4v) is 5.71. The van der Waals surface area contributed by atoms with Gasteiger partial charge in [-0.1, -0.05) is 17.7 Å². The first-order valence-electron chi connectivity index (χ1n) is 9.23. The molecule has 0 radical (unpaired) electrons. The van der Waals surface area contributed by atoms with E-state index in [1.807, 2.05) is 34.2 Å². The lowest BCUT2D eigenvalue weighted by molar-refractivity contribution is 0.0952. The van der Waals surface area contributed by atoms with E-state index in [0.29, 0.717) is 12.5 Å². The summed E-state index contributed by atoms with van der Waals surface area (Å²) in [6.07, 6.45) is 3.06. The second kappa shape index (κ2) is 7.06. The van der Waals surface area contributed by atoms with Gasteiger partial charge in [0.15, 0.2) is 4.96 Å². The van der Waals surface area contributed by atoms with Crippen molar-refractivity contribution in [2.45, 2.75) is 13.3 Å². The predicted octanol–water partition coefficient (Wildman–Crippen LogP) is 4.83. The number of benzene rings is 1. The van der Waals surface area contributed by atoms with E-state index in [2.05, 4.69) is 28.2 Å². The average molecular weight is 431 g/mol. The summed E-state index contributed by atoms with van der Waals surface area (Å²) in [6, 6.07) is 7.96. The Balaban J connectivity index is 1.23. The standard InChI is InChI=1S/C20H19ClN4OS2/c1-12-2-3-14(21)8-15(12)24-5-4-13(11-24)10-22-18(26)17-9-16-19(28-17)23-20-25(16)6-7-27-20/h2-3,6-9,13H,4-5,10-11H2,1H3,(H,22,26). The Morgan fingerprint density at radius 2 is 2.29 bits per heavy atom. The Labute approximate surface area is 175 Å². The normalized spacial score (nSPS) is 17.1. The first kappa shape index (κ1) is 18.0. The molecule has 1 amide bonds. The van der Waals surface area contributed by atoms with E-state index in [0.717, 1.165) is 44.7 Å². The van der Waals surface area contributed by atoms with E-state index >= 15 is 0 Å². The van der Waals surface area contributed by atoms with Crippen LogP contribution in [0.25, 0.3) is 15.3 Å². The number of fused-ring (bicyclic) bond motifs is 3. The molecule has 1 atom stereocenters. The van der Waals surface area contributed by atoms with Gasteiger partial charge in [-0.3, -0.25) is 9.20 Å². The van der Waals surface area contributed by atoms with Gasteiger partial charge in [0.2, 0.25) is 0 Å². The minimum Gasteiger partial charge on any atom is -0.371 e. The highest BCUT2D eigenvalue weighted by Crippen LogP contribution is 2.30. The van der Waals surface area contributed by atoms with E-state index in [9.17, 15) is 4.79 Å². The van der Waals surface area contributed by atoms with Gasteiger partial charge < -0.3 is 10.2 Å². The van der Waals surface area contributed by atoms with Crippen molar-refractivity contribution < 1.29 is 4.79 Å². The van der Waals surface area contributed by atoms with Crippen LogP contribution in [0, 0.1) is 12.8 Å². The third-order valence-electron chi connectivity index (χ3n) is 5.31. The largest absolute Gasteiger partial charge is 0.371 e. The van der Waals surface area contributed by atoms with E-state index in [1.165, 1.54) is 22.6 Å². The summed E-state index contributed by atoms with van der Waals surface area (Å²) in [6.45, 7) is 4.72. The van der Waals surface area contributed by atoms with Gasteiger partial charge in [0.1, 0.15) is 4.83 Å². The molecule has 0 saturated carbocycles. The molecule has 0 bridgehead atoms. The van der Waals surface area contributed by atoms with E-state index in [-0.39, 0.29) is 5.91 Å². The van der Waals surface area contributed by atoms with Crippen molar-refractivity contribution in [2.75, 3.05) is 24.5 Å². The lowest BCUT2D eigenvalue weighted by Crippen LogP contribution is -2.30. The molecule has 1 saturated heterocycles. The van der Waals surface area contributed by atoms with Crippen LogP contribution in [0.5, 0.6) is 0 Å². The summed E-state index contributed by atoms with van der Waals surface area (Å²) in [5.41, 5.74) is 3.44. The van der Waals surface area contributed by atoms with E-state index < -0.39 is 0 Å². The number of aromatic nitrogens is 2. The molecule has 144 valence electrons. The van der Waals surface area contributed by atoms with Crippen molar-refractivity contribution >= 4 is 61.2 Å². The minimum atomic E-state index is -0.00985. The van der Waals surface area contributed by atoms with Crippen molar-refractivity contribution in [2.24, 2.45) is 5.92 Å². The summed E-state index contributed by atoms with van der Waals surface area (Å²) < 4.78 is 2.04. The number of halogens is 1. The number of imidazole rings is 1. The Bertz CT molecular complexity index is 1180. The molecule has 5 nitrogen and oxygen atoms in total. The number of amides is 1. The maximum Gasteiger partial charge on any atom is 0.261 e. The highest BCUT2D eigenvalue weighted by atomic mass is 35.5. The molecule has 1 unspecified atom stereocenters. The van der Waals surface area contributed by atoms with Gasteiger partial charge in [0.05, 0.1) is 10.4 Å². The number of thiophene rings is 1. The van der Waals surface area contributed by atoms with Crippen molar-refractivity contribution in [1.82, 2.24) is 14.7 Å². The van der Waals surface area contributed by atoms with Crippen molar-refractivity contribution in [3.63, 3.8) is 0 Å². The zero-order chi connectivity index (χ0) is 19.3. The van der Waals surface area contributed by atoms with Crippen LogP contribution in [0.1, 0.15) is 21.7 Å². The van der Waals surface area contributed by atoms with Crippen LogP contribution in [0.2, 0.25) is 5.02 Å². The molecule has 1 aromatic carbocycles. The number of anilines is 1. The zero-order valence-electron chi connectivity index (χ0n) is 15.3. The second-order valence-corrected chi connectivity index (χ2v) is 9.55. The van der Waals surface area contributed by atoms with Crippen LogP contribution >= 0.6 is 34.3 Å². The molecule has 1 aliphatic heterocycles. The van der Waals surface area contributed by atoms with Crippen molar-refractivity contribution in [3.05, 3.63) is 51.3 Å². The number of nitrogens with one attached hydrogen (secondary N) is 1. The molecule has 4 heterocycles. The van der Waals surface area contributed by atoms with Crippen molar-refractivity contribution in [1.29, 1.82) is 0 Å². The van der Waals surface area contributed by atoms with Crippen LogP contribution in [0.15, 0.2) is 35.8 Å². The lowest BCUT2D eigenvalue weighted by atomic mass is 10.1. The third-order valence-corrected chi connectivity index (χ3v) is 7.32. The van der Waals surface area contributed by atoms with Crippen molar-refractivity contribution in [3.8, 4) is 0 Å². The Hall–Kier alpha value is -2.09. The number of hydrogen-bond donors (Lipinski definition) is 1. The molecule has 0 aliphatic carbocycles. The van der Waals surface area contributed by atoms with Crippen LogP contribution in [0.4, 0.5) is 5.69 Å².